The number of hydrogen-bond donors (Lipinski definition) is 2. The molecule has 0 bridgehead atoms. The summed E-state index contributed by atoms with van der Waals surface area (Å²) in [7, 11) is -3.59. The molecule has 150 valence electrons. The normalized spacial score (nSPS) is 15.3. The van der Waals surface area contributed by atoms with Crippen LogP contribution in [0.2, 0.25) is 0 Å². The highest BCUT2D eigenvalue weighted by molar-refractivity contribution is 7.89. The fourth-order valence-electron chi connectivity index (χ4n) is 3.17. The molecule has 1 saturated heterocycles. The molecule has 0 spiro atoms. The predicted octanol–water partition coefficient (Wildman–Crippen LogP) is 1.86. The van der Waals surface area contributed by atoms with E-state index in [4.69, 9.17) is 4.74 Å². The van der Waals surface area contributed by atoms with Gasteiger partial charge in [0, 0.05) is 18.7 Å². The van der Waals surface area contributed by atoms with E-state index < -0.39 is 16.0 Å². The molecule has 0 aliphatic carbocycles. The lowest BCUT2D eigenvalue weighted by Gasteiger charge is -2.26. The van der Waals surface area contributed by atoms with E-state index in [1.165, 1.54) is 4.31 Å². The summed E-state index contributed by atoms with van der Waals surface area (Å²) >= 11 is 0. The Morgan fingerprint density at radius 2 is 1.72 bits per heavy atom. The van der Waals surface area contributed by atoms with E-state index in [9.17, 15) is 18.3 Å². The van der Waals surface area contributed by atoms with Gasteiger partial charge in [0.2, 0.25) is 10.0 Å². The lowest BCUT2D eigenvalue weighted by atomic mass is 10.0. The molecule has 4 rings (SSSR count). The molecule has 0 atom stereocenters. The van der Waals surface area contributed by atoms with Gasteiger partial charge >= 0.3 is 5.97 Å². The number of H-pyrrole nitrogens is 1. The molecule has 10 heteroatoms. The number of hydrogen-bond acceptors (Lipinski definition) is 6. The number of benzene rings is 2. The predicted molar refractivity (Wildman–Crippen MR) is 104 cm³/mol. The molecule has 1 fully saturated rings. The molecule has 1 aliphatic heterocycles. The minimum absolute atomic E-state index is 0.0867. The molecule has 3 aromatic rings. The van der Waals surface area contributed by atoms with Gasteiger partial charge in [-0.1, -0.05) is 41.6 Å². The van der Waals surface area contributed by atoms with E-state index in [-0.39, 0.29) is 16.3 Å². The average molecular weight is 414 g/mol. The highest BCUT2D eigenvalue weighted by Gasteiger charge is 2.26. The monoisotopic (exact) mass is 414 g/mol. The Morgan fingerprint density at radius 1 is 1.03 bits per heavy atom. The van der Waals surface area contributed by atoms with Gasteiger partial charge in [0.05, 0.1) is 18.1 Å². The fraction of sp³-hybridized carbons (Fsp3) is 0.211. The Kier molecular flexibility index (Phi) is 5.14. The second kappa shape index (κ2) is 7.74. The van der Waals surface area contributed by atoms with Crippen LogP contribution in [0.1, 0.15) is 10.5 Å². The van der Waals surface area contributed by atoms with Gasteiger partial charge < -0.3 is 9.84 Å². The highest BCUT2D eigenvalue weighted by Crippen LogP contribution is 2.27. The molecular weight excluding hydrogens is 396 g/mol. The van der Waals surface area contributed by atoms with Crippen molar-refractivity contribution in [3.8, 4) is 22.4 Å². The van der Waals surface area contributed by atoms with Crippen LogP contribution in [0.3, 0.4) is 0 Å². The third kappa shape index (κ3) is 3.77. The summed E-state index contributed by atoms with van der Waals surface area (Å²) in [5, 5.41) is 18.9. The smallest absolute Gasteiger partial charge is 0.356 e. The zero-order valence-electron chi connectivity index (χ0n) is 15.3. The number of carboxylic acid groups (broad SMARTS) is 1. The lowest BCUT2D eigenvalue weighted by molar-refractivity contribution is 0.0691. The van der Waals surface area contributed by atoms with Crippen molar-refractivity contribution >= 4 is 16.0 Å². The summed E-state index contributed by atoms with van der Waals surface area (Å²) in [4.78, 5) is 11.5. The highest BCUT2D eigenvalue weighted by atomic mass is 32.2. The third-order valence-electron chi connectivity index (χ3n) is 4.70. The summed E-state index contributed by atoms with van der Waals surface area (Å²) in [6.07, 6.45) is 0. The first kappa shape index (κ1) is 19.2. The van der Waals surface area contributed by atoms with Gasteiger partial charge in [-0.05, 0) is 23.3 Å². The Balaban J connectivity index is 1.63. The third-order valence-corrected chi connectivity index (χ3v) is 6.59. The molecule has 2 heterocycles. The minimum Gasteiger partial charge on any atom is -0.476 e. The SMILES string of the molecule is O=C(O)c1[nH]nnc1-c1ccc(-c2cccc(S(=O)(=O)N3CCOCC3)c2)cc1. The first-order valence-corrected chi connectivity index (χ1v) is 10.3. The number of sulfonamides is 1. The van der Waals surface area contributed by atoms with E-state index >= 15 is 0 Å². The second-order valence-corrected chi connectivity index (χ2v) is 8.40. The van der Waals surface area contributed by atoms with Gasteiger partial charge in [-0.25, -0.2) is 13.2 Å². The van der Waals surface area contributed by atoms with Crippen LogP contribution < -0.4 is 0 Å². The zero-order valence-corrected chi connectivity index (χ0v) is 16.1. The first-order valence-electron chi connectivity index (χ1n) is 8.90. The molecule has 2 aromatic carbocycles. The number of morpholine rings is 1. The van der Waals surface area contributed by atoms with E-state index in [1.807, 2.05) is 6.07 Å². The van der Waals surface area contributed by atoms with E-state index in [1.54, 1.807) is 42.5 Å². The van der Waals surface area contributed by atoms with Crippen LogP contribution in [0.4, 0.5) is 0 Å². The molecule has 2 N–H and O–H groups in total. The Bertz CT molecular complexity index is 1140. The molecule has 0 radical (unpaired) electrons. The Labute approximate surface area is 167 Å². The van der Waals surface area contributed by atoms with Gasteiger partial charge in [-0.15, -0.1) is 5.10 Å². The number of aromatic carboxylic acids is 1. The van der Waals surface area contributed by atoms with Crippen LogP contribution in [0, 0.1) is 0 Å². The standard InChI is InChI=1S/C19H18N4O5S/c24-19(25)18-17(20-22-21-18)14-6-4-13(5-7-14)15-2-1-3-16(12-15)29(26,27)23-8-10-28-11-9-23/h1-7,12H,8-11H2,(H,24,25)(H,20,21,22). The molecule has 0 saturated carbocycles. The maximum Gasteiger partial charge on any atom is 0.356 e. The van der Waals surface area contributed by atoms with Gasteiger partial charge in [0.1, 0.15) is 5.69 Å². The van der Waals surface area contributed by atoms with Crippen molar-refractivity contribution in [1.82, 2.24) is 19.7 Å². The molecular formula is C19H18N4O5S. The first-order chi connectivity index (χ1) is 14.0. The quantitative estimate of drug-likeness (QED) is 0.653. The number of carboxylic acids is 1. The van der Waals surface area contributed by atoms with Gasteiger partial charge in [0.25, 0.3) is 0 Å². The van der Waals surface area contributed by atoms with Crippen LogP contribution in [0.25, 0.3) is 22.4 Å². The van der Waals surface area contributed by atoms with Crippen molar-refractivity contribution in [2.75, 3.05) is 26.3 Å². The summed E-state index contributed by atoms with van der Waals surface area (Å²) in [5.41, 5.74) is 2.29. The van der Waals surface area contributed by atoms with Crippen LogP contribution >= 0.6 is 0 Å². The van der Waals surface area contributed by atoms with Crippen molar-refractivity contribution in [2.24, 2.45) is 0 Å². The summed E-state index contributed by atoms with van der Waals surface area (Å²) < 4.78 is 32.4. The largest absolute Gasteiger partial charge is 0.476 e. The number of aromatic nitrogens is 3. The molecule has 0 amide bonds. The van der Waals surface area contributed by atoms with E-state index in [0.717, 1.165) is 11.1 Å². The molecule has 1 aromatic heterocycles. The number of aromatic amines is 1. The number of carbonyl (C=O) groups is 1. The van der Waals surface area contributed by atoms with Gasteiger partial charge in [-0.2, -0.15) is 4.31 Å². The van der Waals surface area contributed by atoms with Crippen LogP contribution in [0.15, 0.2) is 53.4 Å². The van der Waals surface area contributed by atoms with Crippen molar-refractivity contribution in [3.63, 3.8) is 0 Å². The average Bonchev–Trinajstić information content (AvgIpc) is 3.25. The molecule has 1 aliphatic rings. The summed E-state index contributed by atoms with van der Waals surface area (Å²) in [5.74, 6) is -1.14. The van der Waals surface area contributed by atoms with Crippen molar-refractivity contribution in [3.05, 3.63) is 54.2 Å². The number of nitrogens with zero attached hydrogens (tertiary/aromatic N) is 3. The Hall–Kier alpha value is -3.08. The summed E-state index contributed by atoms with van der Waals surface area (Å²) in [6.45, 7) is 1.46. The van der Waals surface area contributed by atoms with Gasteiger partial charge in [-0.3, -0.25) is 5.10 Å². The molecule has 0 unspecified atom stereocenters. The van der Waals surface area contributed by atoms with Gasteiger partial charge in [0.15, 0.2) is 5.69 Å². The number of rotatable bonds is 5. The Morgan fingerprint density at radius 3 is 2.41 bits per heavy atom. The fourth-order valence-corrected chi connectivity index (χ4v) is 4.63. The maximum absolute atomic E-state index is 12.9. The lowest BCUT2D eigenvalue weighted by Crippen LogP contribution is -2.40. The van der Waals surface area contributed by atoms with Crippen molar-refractivity contribution < 1.29 is 23.1 Å². The van der Waals surface area contributed by atoms with Crippen molar-refractivity contribution in [2.45, 2.75) is 4.90 Å². The number of nitrogens with one attached hydrogen (secondary N) is 1. The zero-order chi connectivity index (χ0) is 20.4. The van der Waals surface area contributed by atoms with E-state index in [0.29, 0.717) is 31.9 Å². The molecule has 9 nitrogen and oxygen atoms in total. The molecule has 29 heavy (non-hydrogen) atoms. The number of ether oxygens (including phenoxy) is 1. The minimum atomic E-state index is -3.59. The topological polar surface area (TPSA) is 125 Å². The van der Waals surface area contributed by atoms with Crippen molar-refractivity contribution in [1.29, 1.82) is 0 Å². The van der Waals surface area contributed by atoms with E-state index in [2.05, 4.69) is 15.4 Å². The summed E-state index contributed by atoms with van der Waals surface area (Å²) in [6, 6.07) is 13.8. The second-order valence-electron chi connectivity index (χ2n) is 6.46. The van der Waals surface area contributed by atoms with Crippen LogP contribution in [-0.2, 0) is 14.8 Å². The van der Waals surface area contributed by atoms with Crippen LogP contribution in [0.5, 0.6) is 0 Å². The maximum atomic E-state index is 12.9. The van der Waals surface area contributed by atoms with Crippen LogP contribution in [-0.4, -0.2) is 65.5 Å².